The van der Waals surface area contributed by atoms with Crippen LogP contribution in [0.5, 0.6) is 0 Å². The van der Waals surface area contributed by atoms with E-state index in [0.29, 0.717) is 5.92 Å². The third-order valence-corrected chi connectivity index (χ3v) is 2.66. The smallest absolute Gasteiger partial charge is 0.0540 e. The van der Waals surface area contributed by atoms with Crippen molar-refractivity contribution >= 4 is 0 Å². The van der Waals surface area contributed by atoms with E-state index in [-0.39, 0.29) is 6.10 Å². The summed E-state index contributed by atoms with van der Waals surface area (Å²) in [6.45, 7) is 4.21. The van der Waals surface area contributed by atoms with Gasteiger partial charge in [-0.15, -0.1) is 0 Å². The summed E-state index contributed by atoms with van der Waals surface area (Å²) in [6, 6.07) is 0. The molecular weight excluding hydrogens is 124 g/mol. The van der Waals surface area contributed by atoms with E-state index in [4.69, 9.17) is 0 Å². The van der Waals surface area contributed by atoms with Gasteiger partial charge in [-0.05, 0) is 31.6 Å². The quantitative estimate of drug-likeness (QED) is 0.595. The summed E-state index contributed by atoms with van der Waals surface area (Å²) < 4.78 is 0. The predicted molar refractivity (Wildman–Crippen MR) is 42.8 cm³/mol. The van der Waals surface area contributed by atoms with E-state index in [1.807, 2.05) is 6.92 Å². The lowest BCUT2D eigenvalue weighted by molar-refractivity contribution is 0.0866. The number of hydrogen-bond acceptors (Lipinski definition) is 1. The van der Waals surface area contributed by atoms with Crippen molar-refractivity contribution in [3.8, 4) is 0 Å². The molecule has 1 aliphatic rings. The molecule has 1 aliphatic carbocycles. The van der Waals surface area contributed by atoms with Crippen LogP contribution in [0.2, 0.25) is 0 Å². The van der Waals surface area contributed by atoms with Crippen LogP contribution < -0.4 is 0 Å². The van der Waals surface area contributed by atoms with Crippen LogP contribution in [0.15, 0.2) is 0 Å². The number of hydrogen-bond donors (Lipinski definition) is 1. The SMILES string of the molecule is CC(O)[C@H]1CCC[C@@H](C)C1. The zero-order valence-corrected chi connectivity index (χ0v) is 7.01. The van der Waals surface area contributed by atoms with E-state index in [9.17, 15) is 5.11 Å². The maximum Gasteiger partial charge on any atom is 0.0540 e. The zero-order chi connectivity index (χ0) is 7.56. The van der Waals surface area contributed by atoms with Crippen LogP contribution in [0, 0.1) is 11.8 Å². The first-order valence-corrected chi connectivity index (χ1v) is 4.38. The first kappa shape index (κ1) is 8.06. The van der Waals surface area contributed by atoms with E-state index in [1.54, 1.807) is 0 Å². The van der Waals surface area contributed by atoms with Gasteiger partial charge in [0.2, 0.25) is 0 Å². The molecule has 1 unspecified atom stereocenters. The molecule has 0 bridgehead atoms. The van der Waals surface area contributed by atoms with Gasteiger partial charge in [0.25, 0.3) is 0 Å². The molecule has 0 saturated heterocycles. The molecule has 0 amide bonds. The van der Waals surface area contributed by atoms with Crippen molar-refractivity contribution < 1.29 is 5.11 Å². The molecule has 3 atom stereocenters. The van der Waals surface area contributed by atoms with Crippen LogP contribution in [0.1, 0.15) is 39.5 Å². The monoisotopic (exact) mass is 142 g/mol. The van der Waals surface area contributed by atoms with Crippen LogP contribution in [-0.2, 0) is 0 Å². The molecule has 1 saturated carbocycles. The van der Waals surface area contributed by atoms with E-state index in [0.717, 1.165) is 5.92 Å². The molecule has 0 aromatic carbocycles. The molecule has 10 heavy (non-hydrogen) atoms. The van der Waals surface area contributed by atoms with Gasteiger partial charge >= 0.3 is 0 Å². The standard InChI is InChI=1S/C9H18O/c1-7-4-3-5-9(6-7)8(2)10/h7-10H,3-6H2,1-2H3/t7-,8?,9+/m1/s1. The highest BCUT2D eigenvalue weighted by Crippen LogP contribution is 2.30. The molecule has 1 rings (SSSR count). The first-order valence-electron chi connectivity index (χ1n) is 4.38. The fourth-order valence-corrected chi connectivity index (χ4v) is 1.92. The molecule has 1 heteroatoms. The molecule has 1 N–H and O–H groups in total. The van der Waals surface area contributed by atoms with Crippen molar-refractivity contribution in [3.05, 3.63) is 0 Å². The Labute approximate surface area is 63.4 Å². The molecule has 0 aliphatic heterocycles. The first-order chi connectivity index (χ1) is 4.70. The summed E-state index contributed by atoms with van der Waals surface area (Å²) in [6.07, 6.45) is 5.07. The Hall–Kier alpha value is -0.0400. The fourth-order valence-electron chi connectivity index (χ4n) is 1.92. The molecular formula is C9H18O. The average molecular weight is 142 g/mol. The minimum Gasteiger partial charge on any atom is -0.393 e. The predicted octanol–water partition coefficient (Wildman–Crippen LogP) is 2.19. The fraction of sp³-hybridized carbons (Fsp3) is 1.00. The van der Waals surface area contributed by atoms with Gasteiger partial charge in [0, 0.05) is 0 Å². The van der Waals surface area contributed by atoms with Crippen molar-refractivity contribution in [2.24, 2.45) is 11.8 Å². The summed E-state index contributed by atoms with van der Waals surface area (Å²) in [5.74, 6) is 1.43. The second-order valence-corrected chi connectivity index (χ2v) is 3.77. The van der Waals surface area contributed by atoms with Gasteiger partial charge in [-0.1, -0.05) is 19.8 Å². The Morgan fingerprint density at radius 3 is 2.50 bits per heavy atom. The summed E-state index contributed by atoms with van der Waals surface area (Å²) in [5, 5.41) is 9.29. The van der Waals surface area contributed by atoms with Crippen molar-refractivity contribution in [1.29, 1.82) is 0 Å². The van der Waals surface area contributed by atoms with Crippen LogP contribution in [0.3, 0.4) is 0 Å². The van der Waals surface area contributed by atoms with Crippen LogP contribution in [0.4, 0.5) is 0 Å². The van der Waals surface area contributed by atoms with Gasteiger partial charge in [0.1, 0.15) is 0 Å². The molecule has 60 valence electrons. The van der Waals surface area contributed by atoms with E-state index < -0.39 is 0 Å². The molecule has 0 radical (unpaired) electrons. The van der Waals surface area contributed by atoms with Gasteiger partial charge < -0.3 is 5.11 Å². The summed E-state index contributed by atoms with van der Waals surface area (Å²) >= 11 is 0. The van der Waals surface area contributed by atoms with E-state index in [1.165, 1.54) is 25.7 Å². The van der Waals surface area contributed by atoms with Gasteiger partial charge in [0.15, 0.2) is 0 Å². The molecule has 1 nitrogen and oxygen atoms in total. The molecule has 1 fully saturated rings. The third kappa shape index (κ3) is 1.98. The summed E-state index contributed by atoms with van der Waals surface area (Å²) in [5.41, 5.74) is 0. The Balaban J connectivity index is 2.32. The number of aliphatic hydroxyl groups is 1. The maximum atomic E-state index is 9.29. The second-order valence-electron chi connectivity index (χ2n) is 3.77. The summed E-state index contributed by atoms with van der Waals surface area (Å²) in [7, 11) is 0. The Morgan fingerprint density at radius 1 is 1.40 bits per heavy atom. The normalized spacial score (nSPS) is 37.5. The zero-order valence-electron chi connectivity index (χ0n) is 7.01. The Kier molecular flexibility index (Phi) is 2.72. The van der Waals surface area contributed by atoms with Crippen LogP contribution in [-0.4, -0.2) is 11.2 Å². The third-order valence-electron chi connectivity index (χ3n) is 2.66. The highest BCUT2D eigenvalue weighted by Gasteiger charge is 2.21. The van der Waals surface area contributed by atoms with Gasteiger partial charge in [-0.25, -0.2) is 0 Å². The van der Waals surface area contributed by atoms with Crippen LogP contribution >= 0.6 is 0 Å². The van der Waals surface area contributed by atoms with Crippen molar-refractivity contribution in [3.63, 3.8) is 0 Å². The van der Waals surface area contributed by atoms with Crippen LogP contribution in [0.25, 0.3) is 0 Å². The summed E-state index contributed by atoms with van der Waals surface area (Å²) in [4.78, 5) is 0. The maximum absolute atomic E-state index is 9.29. The molecule has 0 spiro atoms. The lowest BCUT2D eigenvalue weighted by Crippen LogP contribution is -2.23. The minimum atomic E-state index is -0.0808. The number of aliphatic hydroxyl groups excluding tert-OH is 1. The van der Waals surface area contributed by atoms with E-state index in [2.05, 4.69) is 6.92 Å². The van der Waals surface area contributed by atoms with Crippen molar-refractivity contribution in [1.82, 2.24) is 0 Å². The Bertz CT molecular complexity index is 98.9. The lowest BCUT2D eigenvalue weighted by Gasteiger charge is -2.28. The highest BCUT2D eigenvalue weighted by molar-refractivity contribution is 4.73. The van der Waals surface area contributed by atoms with Gasteiger partial charge in [-0.2, -0.15) is 0 Å². The van der Waals surface area contributed by atoms with Crippen molar-refractivity contribution in [2.75, 3.05) is 0 Å². The molecule has 0 aromatic rings. The largest absolute Gasteiger partial charge is 0.393 e. The van der Waals surface area contributed by atoms with E-state index >= 15 is 0 Å². The molecule has 0 heterocycles. The number of rotatable bonds is 1. The average Bonchev–Trinajstić information content (AvgIpc) is 1.88. The lowest BCUT2D eigenvalue weighted by atomic mass is 9.80. The topological polar surface area (TPSA) is 20.2 Å². The second kappa shape index (κ2) is 3.38. The highest BCUT2D eigenvalue weighted by atomic mass is 16.3. The molecule has 0 aromatic heterocycles. The van der Waals surface area contributed by atoms with Crippen molar-refractivity contribution in [2.45, 2.75) is 45.6 Å². The minimum absolute atomic E-state index is 0.0808. The Morgan fingerprint density at radius 2 is 2.10 bits per heavy atom. The van der Waals surface area contributed by atoms with Gasteiger partial charge in [-0.3, -0.25) is 0 Å². The van der Waals surface area contributed by atoms with Gasteiger partial charge in [0.05, 0.1) is 6.10 Å².